The Hall–Kier alpha value is -3.73. The first-order valence-electron chi connectivity index (χ1n) is 8.81. The summed E-state index contributed by atoms with van der Waals surface area (Å²) < 4.78 is 15.8. The lowest BCUT2D eigenvalue weighted by Gasteiger charge is -2.21. The second-order valence-corrected chi connectivity index (χ2v) is 6.04. The lowest BCUT2D eigenvalue weighted by atomic mass is 10.2. The zero-order valence-corrected chi connectivity index (χ0v) is 16.8. The lowest BCUT2D eigenvalue weighted by Crippen LogP contribution is -2.31. The molecule has 0 spiro atoms. The number of carbonyl (C=O) groups is 2. The molecular formula is C21H23N3O5. The summed E-state index contributed by atoms with van der Waals surface area (Å²) in [5.41, 5.74) is 1.60. The van der Waals surface area contributed by atoms with E-state index in [2.05, 4.69) is 5.32 Å². The van der Waals surface area contributed by atoms with Crippen LogP contribution in [0, 0.1) is 11.3 Å². The van der Waals surface area contributed by atoms with Crippen LogP contribution in [-0.2, 0) is 9.59 Å². The second kappa shape index (κ2) is 9.99. The number of hydrogen-bond donors (Lipinski definition) is 1. The molecule has 2 amide bonds. The molecular weight excluding hydrogens is 374 g/mol. The minimum atomic E-state index is -0.279. The molecule has 0 saturated carbocycles. The van der Waals surface area contributed by atoms with Crippen molar-refractivity contribution in [2.45, 2.75) is 13.3 Å². The fourth-order valence-electron chi connectivity index (χ4n) is 2.77. The van der Waals surface area contributed by atoms with Gasteiger partial charge in [0, 0.05) is 43.4 Å². The molecule has 29 heavy (non-hydrogen) atoms. The standard InChI is InChI=1S/C21H23N3O5/c1-14(25)24(17-7-5-15(13-22)6-8-17)10-9-20(26)23-16-11-18(27-2)21(29-4)19(12-16)28-3/h5-8,11-12H,9-10H2,1-4H3,(H,23,26). The minimum Gasteiger partial charge on any atom is -0.493 e. The molecule has 0 unspecified atom stereocenters. The van der Waals surface area contributed by atoms with Crippen molar-refractivity contribution in [3.05, 3.63) is 42.0 Å². The van der Waals surface area contributed by atoms with Crippen LogP contribution >= 0.6 is 0 Å². The number of nitrogens with one attached hydrogen (secondary N) is 1. The third-order valence-electron chi connectivity index (χ3n) is 4.20. The molecule has 152 valence electrons. The van der Waals surface area contributed by atoms with Crippen LogP contribution in [0.2, 0.25) is 0 Å². The van der Waals surface area contributed by atoms with Crippen LogP contribution in [0.15, 0.2) is 36.4 Å². The summed E-state index contributed by atoms with van der Waals surface area (Å²) >= 11 is 0. The number of benzene rings is 2. The summed E-state index contributed by atoms with van der Waals surface area (Å²) in [6.45, 7) is 1.62. The van der Waals surface area contributed by atoms with Crippen LogP contribution in [0.25, 0.3) is 0 Å². The topological polar surface area (TPSA) is 101 Å². The normalized spacial score (nSPS) is 9.90. The van der Waals surface area contributed by atoms with Gasteiger partial charge in [-0.3, -0.25) is 9.59 Å². The van der Waals surface area contributed by atoms with Gasteiger partial charge in [0.1, 0.15) is 0 Å². The first-order chi connectivity index (χ1) is 13.9. The van der Waals surface area contributed by atoms with Crippen molar-refractivity contribution in [1.82, 2.24) is 0 Å². The van der Waals surface area contributed by atoms with Crippen molar-refractivity contribution in [1.29, 1.82) is 5.26 Å². The Morgan fingerprint density at radius 3 is 2.07 bits per heavy atom. The molecule has 0 bridgehead atoms. The number of nitriles is 1. The number of ether oxygens (including phenoxy) is 3. The molecule has 0 heterocycles. The average molecular weight is 397 g/mol. The van der Waals surface area contributed by atoms with Crippen LogP contribution in [0.1, 0.15) is 18.9 Å². The summed E-state index contributed by atoms with van der Waals surface area (Å²) in [6, 6.07) is 11.9. The zero-order valence-electron chi connectivity index (χ0n) is 16.8. The van der Waals surface area contributed by atoms with Crippen LogP contribution in [0.4, 0.5) is 11.4 Å². The maximum Gasteiger partial charge on any atom is 0.226 e. The molecule has 0 aromatic heterocycles. The Kier molecular flexibility index (Phi) is 7.43. The number of hydrogen-bond acceptors (Lipinski definition) is 6. The van der Waals surface area contributed by atoms with Crippen LogP contribution in [0.5, 0.6) is 17.2 Å². The van der Waals surface area contributed by atoms with E-state index in [9.17, 15) is 9.59 Å². The van der Waals surface area contributed by atoms with Crippen LogP contribution < -0.4 is 24.4 Å². The van der Waals surface area contributed by atoms with Crippen LogP contribution in [-0.4, -0.2) is 39.7 Å². The van der Waals surface area contributed by atoms with E-state index in [1.165, 1.54) is 33.2 Å². The summed E-state index contributed by atoms with van der Waals surface area (Å²) in [5.74, 6) is 0.793. The number of carbonyl (C=O) groups excluding carboxylic acids is 2. The number of amides is 2. The highest BCUT2D eigenvalue weighted by Crippen LogP contribution is 2.39. The van der Waals surface area contributed by atoms with E-state index in [1.807, 2.05) is 6.07 Å². The number of nitrogens with zero attached hydrogens (tertiary/aromatic N) is 2. The third kappa shape index (κ3) is 5.39. The van der Waals surface area contributed by atoms with Gasteiger partial charge in [-0.05, 0) is 24.3 Å². The van der Waals surface area contributed by atoms with Crippen molar-refractivity contribution in [3.63, 3.8) is 0 Å². The highest BCUT2D eigenvalue weighted by molar-refractivity contribution is 5.95. The van der Waals surface area contributed by atoms with Gasteiger partial charge in [-0.2, -0.15) is 5.26 Å². The Bertz CT molecular complexity index is 894. The van der Waals surface area contributed by atoms with Crippen molar-refractivity contribution < 1.29 is 23.8 Å². The first kappa shape index (κ1) is 21.6. The third-order valence-corrected chi connectivity index (χ3v) is 4.20. The highest BCUT2D eigenvalue weighted by atomic mass is 16.5. The predicted octanol–water partition coefficient (Wildman–Crippen LogP) is 2.97. The van der Waals surface area contributed by atoms with E-state index in [0.717, 1.165) is 0 Å². The first-order valence-corrected chi connectivity index (χ1v) is 8.81. The highest BCUT2D eigenvalue weighted by Gasteiger charge is 2.16. The Labute approximate surface area is 169 Å². The molecule has 2 aromatic rings. The molecule has 0 aliphatic rings. The Balaban J connectivity index is 2.09. The van der Waals surface area contributed by atoms with E-state index >= 15 is 0 Å². The number of rotatable bonds is 8. The van der Waals surface area contributed by atoms with Gasteiger partial charge >= 0.3 is 0 Å². The van der Waals surface area contributed by atoms with E-state index in [0.29, 0.717) is 34.2 Å². The predicted molar refractivity (Wildman–Crippen MR) is 109 cm³/mol. The fraction of sp³-hybridized carbons (Fsp3) is 0.286. The summed E-state index contributed by atoms with van der Waals surface area (Å²) in [4.78, 5) is 25.9. The largest absolute Gasteiger partial charge is 0.493 e. The van der Waals surface area contributed by atoms with Gasteiger partial charge in [0.05, 0.1) is 33.0 Å². The van der Waals surface area contributed by atoms with Gasteiger partial charge in [0.25, 0.3) is 0 Å². The van der Waals surface area contributed by atoms with E-state index in [4.69, 9.17) is 19.5 Å². The van der Waals surface area contributed by atoms with Gasteiger partial charge < -0.3 is 24.4 Å². The maximum atomic E-state index is 12.4. The molecule has 0 saturated heterocycles. The molecule has 1 N–H and O–H groups in total. The van der Waals surface area contributed by atoms with Gasteiger partial charge in [-0.1, -0.05) is 0 Å². The van der Waals surface area contributed by atoms with E-state index in [1.54, 1.807) is 36.4 Å². The molecule has 0 fully saturated rings. The van der Waals surface area contributed by atoms with Gasteiger partial charge in [0.2, 0.25) is 17.6 Å². The zero-order chi connectivity index (χ0) is 21.4. The van der Waals surface area contributed by atoms with Gasteiger partial charge in [-0.15, -0.1) is 0 Å². The van der Waals surface area contributed by atoms with Gasteiger partial charge in [0.15, 0.2) is 11.5 Å². The summed E-state index contributed by atoms with van der Waals surface area (Å²) in [5, 5.41) is 11.7. The minimum absolute atomic E-state index is 0.0796. The second-order valence-electron chi connectivity index (χ2n) is 6.04. The quantitative estimate of drug-likeness (QED) is 0.735. The van der Waals surface area contributed by atoms with Crippen molar-refractivity contribution >= 4 is 23.2 Å². The van der Waals surface area contributed by atoms with Crippen LogP contribution in [0.3, 0.4) is 0 Å². The molecule has 2 rings (SSSR count). The monoisotopic (exact) mass is 397 g/mol. The number of anilines is 2. The lowest BCUT2D eigenvalue weighted by molar-refractivity contribution is -0.117. The molecule has 0 radical (unpaired) electrons. The molecule has 0 aliphatic carbocycles. The van der Waals surface area contributed by atoms with Crippen molar-refractivity contribution in [3.8, 4) is 23.3 Å². The number of methoxy groups -OCH3 is 3. The molecule has 2 aromatic carbocycles. The SMILES string of the molecule is COc1cc(NC(=O)CCN(C(C)=O)c2ccc(C#N)cc2)cc(OC)c1OC. The summed E-state index contributed by atoms with van der Waals surface area (Å²) in [7, 11) is 4.48. The Morgan fingerprint density at radius 2 is 1.62 bits per heavy atom. The van der Waals surface area contributed by atoms with Crippen molar-refractivity contribution in [2.75, 3.05) is 38.1 Å². The van der Waals surface area contributed by atoms with Gasteiger partial charge in [-0.25, -0.2) is 0 Å². The Morgan fingerprint density at radius 1 is 1.03 bits per heavy atom. The molecule has 8 heteroatoms. The smallest absolute Gasteiger partial charge is 0.226 e. The summed E-state index contributed by atoms with van der Waals surface area (Å²) in [6.07, 6.45) is 0.0796. The fourth-order valence-corrected chi connectivity index (χ4v) is 2.77. The maximum absolute atomic E-state index is 12.4. The van der Waals surface area contributed by atoms with E-state index in [-0.39, 0.29) is 24.8 Å². The molecule has 0 aliphatic heterocycles. The van der Waals surface area contributed by atoms with Crippen molar-refractivity contribution in [2.24, 2.45) is 0 Å². The molecule has 8 nitrogen and oxygen atoms in total. The molecule has 0 atom stereocenters. The average Bonchev–Trinajstić information content (AvgIpc) is 2.73. The van der Waals surface area contributed by atoms with E-state index < -0.39 is 0 Å².